The van der Waals surface area contributed by atoms with Gasteiger partial charge in [-0.15, -0.1) is 11.3 Å². The fourth-order valence-electron chi connectivity index (χ4n) is 1.75. The van der Waals surface area contributed by atoms with Crippen molar-refractivity contribution in [3.63, 3.8) is 0 Å². The Morgan fingerprint density at radius 1 is 1.25 bits per heavy atom. The van der Waals surface area contributed by atoms with Crippen LogP contribution in [0.15, 0.2) is 22.7 Å². The van der Waals surface area contributed by atoms with E-state index in [4.69, 9.17) is 0 Å². The second-order valence-corrected chi connectivity index (χ2v) is 6.64. The summed E-state index contributed by atoms with van der Waals surface area (Å²) in [5.41, 5.74) is 0.582. The van der Waals surface area contributed by atoms with Crippen LogP contribution in [0.2, 0.25) is 0 Å². The number of aryl methyl sites for hydroxylation is 2. The van der Waals surface area contributed by atoms with Crippen LogP contribution >= 0.6 is 27.3 Å². The summed E-state index contributed by atoms with van der Waals surface area (Å²) in [7, 11) is 0. The molecule has 2 nitrogen and oxygen atoms in total. The number of benzene rings is 1. The molecule has 1 heterocycles. The number of hydrogen-bond donors (Lipinski definition) is 1. The lowest BCUT2D eigenvalue weighted by Gasteiger charge is -2.06. The van der Waals surface area contributed by atoms with Crippen molar-refractivity contribution in [1.29, 1.82) is 0 Å². The molecule has 0 aliphatic rings. The van der Waals surface area contributed by atoms with E-state index in [9.17, 15) is 13.6 Å². The van der Waals surface area contributed by atoms with E-state index < -0.39 is 23.1 Å². The average Bonchev–Trinajstić information content (AvgIpc) is 2.65. The van der Waals surface area contributed by atoms with Crippen LogP contribution in [-0.4, -0.2) is 5.91 Å². The Labute approximate surface area is 127 Å². The predicted octanol–water partition coefficient (Wildman–Crippen LogP) is 4.34. The van der Waals surface area contributed by atoms with Gasteiger partial charge in [-0.1, -0.05) is 15.9 Å². The van der Waals surface area contributed by atoms with Crippen molar-refractivity contribution in [3.05, 3.63) is 55.2 Å². The van der Waals surface area contributed by atoms with Crippen molar-refractivity contribution < 1.29 is 13.6 Å². The second-order valence-electron chi connectivity index (χ2n) is 4.38. The normalized spacial score (nSPS) is 10.7. The quantitative estimate of drug-likeness (QED) is 0.867. The van der Waals surface area contributed by atoms with Crippen LogP contribution in [0, 0.1) is 25.5 Å². The van der Waals surface area contributed by atoms with Gasteiger partial charge in [-0.3, -0.25) is 4.79 Å². The van der Waals surface area contributed by atoms with Gasteiger partial charge in [0.15, 0.2) is 0 Å². The van der Waals surface area contributed by atoms with Gasteiger partial charge in [0.25, 0.3) is 5.91 Å². The third kappa shape index (κ3) is 3.24. The van der Waals surface area contributed by atoms with E-state index in [1.807, 2.05) is 19.9 Å². The van der Waals surface area contributed by atoms with Crippen LogP contribution < -0.4 is 5.32 Å². The highest BCUT2D eigenvalue weighted by molar-refractivity contribution is 9.10. The van der Waals surface area contributed by atoms with Gasteiger partial charge in [-0.05, 0) is 37.6 Å². The van der Waals surface area contributed by atoms with Crippen LogP contribution in [0.1, 0.15) is 25.7 Å². The molecule has 2 aromatic rings. The van der Waals surface area contributed by atoms with Crippen molar-refractivity contribution >= 4 is 33.2 Å². The van der Waals surface area contributed by atoms with Crippen molar-refractivity contribution in [2.75, 3.05) is 0 Å². The molecule has 6 heteroatoms. The van der Waals surface area contributed by atoms with E-state index in [1.165, 1.54) is 0 Å². The first-order valence-electron chi connectivity index (χ1n) is 5.87. The van der Waals surface area contributed by atoms with Gasteiger partial charge in [0.1, 0.15) is 17.2 Å². The number of thiophene rings is 1. The molecule has 0 fully saturated rings. The van der Waals surface area contributed by atoms with E-state index in [2.05, 4.69) is 21.2 Å². The molecule has 1 aromatic carbocycles. The number of halogens is 3. The summed E-state index contributed by atoms with van der Waals surface area (Å²) in [6.07, 6.45) is 0. The molecule has 0 bridgehead atoms. The SMILES string of the molecule is Cc1cc(CNC(=O)c2c(F)cc(Br)cc2F)sc1C. The molecular weight excluding hydrogens is 348 g/mol. The lowest BCUT2D eigenvalue weighted by molar-refractivity contribution is 0.0943. The number of rotatable bonds is 3. The zero-order valence-corrected chi connectivity index (χ0v) is 13.3. The molecule has 0 spiro atoms. The zero-order chi connectivity index (χ0) is 14.9. The molecule has 106 valence electrons. The molecule has 0 atom stereocenters. The maximum absolute atomic E-state index is 13.6. The van der Waals surface area contributed by atoms with Crippen molar-refractivity contribution in [1.82, 2.24) is 5.32 Å². The summed E-state index contributed by atoms with van der Waals surface area (Å²) in [6, 6.07) is 4.09. The Bertz CT molecular complexity index is 627. The fraction of sp³-hybridized carbons (Fsp3) is 0.214. The minimum atomic E-state index is -0.882. The Balaban J connectivity index is 2.13. The summed E-state index contributed by atoms with van der Waals surface area (Å²) < 4.78 is 27.5. The van der Waals surface area contributed by atoms with Crippen molar-refractivity contribution in [2.45, 2.75) is 20.4 Å². The highest BCUT2D eigenvalue weighted by Gasteiger charge is 2.18. The Hall–Kier alpha value is -1.27. The third-order valence-corrected chi connectivity index (χ3v) is 4.48. The number of amides is 1. The zero-order valence-electron chi connectivity index (χ0n) is 10.9. The predicted molar refractivity (Wildman–Crippen MR) is 79.0 cm³/mol. The molecule has 0 radical (unpaired) electrons. The topological polar surface area (TPSA) is 29.1 Å². The van der Waals surface area contributed by atoms with Crippen LogP contribution in [0.4, 0.5) is 8.78 Å². The molecule has 0 saturated carbocycles. The Morgan fingerprint density at radius 3 is 2.35 bits per heavy atom. The molecule has 0 aliphatic carbocycles. The smallest absolute Gasteiger partial charge is 0.257 e. The lowest BCUT2D eigenvalue weighted by atomic mass is 10.2. The number of carbonyl (C=O) groups excluding carboxylic acids is 1. The van der Waals surface area contributed by atoms with Crippen LogP contribution in [0.25, 0.3) is 0 Å². The largest absolute Gasteiger partial charge is 0.347 e. The number of carbonyl (C=O) groups is 1. The van der Waals surface area contributed by atoms with E-state index in [-0.39, 0.29) is 11.0 Å². The number of nitrogens with one attached hydrogen (secondary N) is 1. The van der Waals surface area contributed by atoms with Crippen LogP contribution in [-0.2, 0) is 6.54 Å². The molecule has 0 saturated heterocycles. The first-order valence-corrected chi connectivity index (χ1v) is 7.48. The third-order valence-electron chi connectivity index (χ3n) is 2.87. The van der Waals surface area contributed by atoms with Gasteiger partial charge in [0, 0.05) is 14.2 Å². The van der Waals surface area contributed by atoms with Crippen molar-refractivity contribution in [3.8, 4) is 0 Å². The molecule has 0 aliphatic heterocycles. The summed E-state index contributed by atoms with van der Waals surface area (Å²) in [6.45, 7) is 4.22. The van der Waals surface area contributed by atoms with Crippen LogP contribution in [0.3, 0.4) is 0 Å². The van der Waals surface area contributed by atoms with Gasteiger partial charge < -0.3 is 5.32 Å². The Morgan fingerprint density at radius 2 is 1.85 bits per heavy atom. The highest BCUT2D eigenvalue weighted by Crippen LogP contribution is 2.22. The monoisotopic (exact) mass is 359 g/mol. The molecule has 20 heavy (non-hydrogen) atoms. The molecular formula is C14H12BrF2NOS. The van der Waals surface area contributed by atoms with E-state index in [0.717, 1.165) is 27.5 Å². The lowest BCUT2D eigenvalue weighted by Crippen LogP contribution is -2.24. The average molecular weight is 360 g/mol. The summed E-state index contributed by atoms with van der Waals surface area (Å²) in [4.78, 5) is 14.0. The molecule has 2 rings (SSSR count). The highest BCUT2D eigenvalue weighted by atomic mass is 79.9. The molecule has 1 N–H and O–H groups in total. The minimum Gasteiger partial charge on any atom is -0.347 e. The summed E-state index contributed by atoms with van der Waals surface area (Å²) in [5, 5.41) is 2.53. The minimum absolute atomic E-state index is 0.257. The molecule has 0 unspecified atom stereocenters. The summed E-state index contributed by atoms with van der Waals surface area (Å²) >= 11 is 4.53. The van der Waals surface area contributed by atoms with Gasteiger partial charge in [0.2, 0.25) is 0 Å². The second kappa shape index (κ2) is 6.01. The van der Waals surface area contributed by atoms with Gasteiger partial charge in [0.05, 0.1) is 6.54 Å². The Kier molecular flexibility index (Phi) is 4.55. The van der Waals surface area contributed by atoms with E-state index in [0.29, 0.717) is 0 Å². The first kappa shape index (κ1) is 15.1. The first-order chi connectivity index (χ1) is 9.38. The van der Waals surface area contributed by atoms with Crippen molar-refractivity contribution in [2.24, 2.45) is 0 Å². The number of hydrogen-bond acceptors (Lipinski definition) is 2. The standard InChI is InChI=1S/C14H12BrF2NOS/c1-7-3-10(20-8(7)2)6-18-14(19)13-11(16)4-9(15)5-12(13)17/h3-5H,6H2,1-2H3,(H,18,19). The maximum atomic E-state index is 13.6. The van der Waals surface area contributed by atoms with Gasteiger partial charge >= 0.3 is 0 Å². The molecule has 1 amide bonds. The van der Waals surface area contributed by atoms with Gasteiger partial charge in [-0.25, -0.2) is 8.78 Å². The summed E-state index contributed by atoms with van der Waals surface area (Å²) in [5.74, 6) is -2.52. The molecule has 1 aromatic heterocycles. The maximum Gasteiger partial charge on any atom is 0.257 e. The van der Waals surface area contributed by atoms with E-state index >= 15 is 0 Å². The van der Waals surface area contributed by atoms with Crippen LogP contribution in [0.5, 0.6) is 0 Å². The van der Waals surface area contributed by atoms with Gasteiger partial charge in [-0.2, -0.15) is 0 Å². The fourth-order valence-corrected chi connectivity index (χ4v) is 3.15. The van der Waals surface area contributed by atoms with E-state index in [1.54, 1.807) is 11.3 Å².